The largest absolute Gasteiger partial charge is 0.486 e. The van der Waals surface area contributed by atoms with Gasteiger partial charge < -0.3 is 14.4 Å². The summed E-state index contributed by atoms with van der Waals surface area (Å²) in [5, 5.41) is 10.1. The van der Waals surface area contributed by atoms with Crippen molar-refractivity contribution in [1.82, 2.24) is 14.5 Å². The monoisotopic (exact) mass is 273 g/mol. The molecule has 2 atom stereocenters. The molecule has 1 aromatic heterocycles. The van der Waals surface area contributed by atoms with Gasteiger partial charge in [0.05, 0.1) is 6.54 Å². The summed E-state index contributed by atoms with van der Waals surface area (Å²) in [6.45, 7) is 2.06. The molecule has 0 amide bonds. The van der Waals surface area contributed by atoms with E-state index in [0.717, 1.165) is 18.1 Å². The number of aliphatic hydroxyl groups is 1. The highest BCUT2D eigenvalue weighted by molar-refractivity contribution is 5.21. The molecule has 2 aromatic rings. The first-order valence-electron chi connectivity index (χ1n) is 6.80. The first-order valence-corrected chi connectivity index (χ1v) is 6.80. The van der Waals surface area contributed by atoms with Crippen LogP contribution in [0.2, 0.25) is 0 Å². The van der Waals surface area contributed by atoms with E-state index >= 15 is 0 Å². The zero-order valence-corrected chi connectivity index (χ0v) is 11.5. The van der Waals surface area contributed by atoms with E-state index in [1.807, 2.05) is 48.1 Å². The third kappa shape index (κ3) is 2.84. The van der Waals surface area contributed by atoms with Crippen molar-refractivity contribution in [3.8, 4) is 5.75 Å². The highest BCUT2D eigenvalue weighted by atomic mass is 16.5. The minimum Gasteiger partial charge on any atom is -0.486 e. The molecule has 1 aromatic carbocycles. The maximum absolute atomic E-state index is 10.1. The van der Waals surface area contributed by atoms with E-state index in [0.29, 0.717) is 13.1 Å². The van der Waals surface area contributed by atoms with E-state index in [1.165, 1.54) is 0 Å². The predicted octanol–water partition coefficient (Wildman–Crippen LogP) is 1.04. The van der Waals surface area contributed by atoms with Crippen molar-refractivity contribution >= 4 is 0 Å². The smallest absolute Gasteiger partial charge is 0.138 e. The molecular weight excluding hydrogens is 254 g/mol. The molecule has 5 nitrogen and oxygen atoms in total. The van der Waals surface area contributed by atoms with E-state index in [9.17, 15) is 5.11 Å². The van der Waals surface area contributed by atoms with E-state index in [-0.39, 0.29) is 6.10 Å². The third-order valence-corrected chi connectivity index (χ3v) is 3.63. The topological polar surface area (TPSA) is 50.5 Å². The standard InChI is InChI=1S/C15H19N3O2/c1-17-8-7-16-15(17)11-18-9-13(19)14(10-18)20-12-5-3-2-4-6-12/h2-8,13-14,19H,9-11H2,1H3/t13-,14-/m1/s1. The highest BCUT2D eigenvalue weighted by Gasteiger charge is 2.33. The maximum atomic E-state index is 10.1. The van der Waals surface area contributed by atoms with E-state index < -0.39 is 6.10 Å². The Bertz CT molecular complexity index is 555. The summed E-state index contributed by atoms with van der Waals surface area (Å²) in [7, 11) is 1.98. The first-order chi connectivity index (χ1) is 9.72. The van der Waals surface area contributed by atoms with Gasteiger partial charge in [0.15, 0.2) is 0 Å². The number of ether oxygens (including phenoxy) is 1. The fourth-order valence-corrected chi connectivity index (χ4v) is 2.50. The second-order valence-corrected chi connectivity index (χ2v) is 5.19. The number of aliphatic hydroxyl groups excluding tert-OH is 1. The molecule has 0 radical (unpaired) electrons. The van der Waals surface area contributed by atoms with Crippen LogP contribution in [-0.2, 0) is 13.6 Å². The van der Waals surface area contributed by atoms with Crippen LogP contribution in [-0.4, -0.2) is 44.9 Å². The summed E-state index contributed by atoms with van der Waals surface area (Å²) >= 11 is 0. The average molecular weight is 273 g/mol. The van der Waals surface area contributed by atoms with Crippen molar-refractivity contribution in [2.75, 3.05) is 13.1 Å². The molecule has 106 valence electrons. The maximum Gasteiger partial charge on any atom is 0.138 e. The summed E-state index contributed by atoms with van der Waals surface area (Å²) < 4.78 is 7.85. The Balaban J connectivity index is 1.61. The van der Waals surface area contributed by atoms with Gasteiger partial charge in [0, 0.05) is 32.5 Å². The molecule has 0 spiro atoms. The quantitative estimate of drug-likeness (QED) is 0.904. The number of nitrogens with zero attached hydrogens (tertiary/aromatic N) is 3. The summed E-state index contributed by atoms with van der Waals surface area (Å²) in [5.74, 6) is 1.80. The fourth-order valence-electron chi connectivity index (χ4n) is 2.50. The van der Waals surface area contributed by atoms with E-state index in [4.69, 9.17) is 4.74 Å². The number of rotatable bonds is 4. The molecule has 3 rings (SSSR count). The summed E-state index contributed by atoms with van der Waals surface area (Å²) in [6.07, 6.45) is 3.08. The van der Waals surface area contributed by atoms with Gasteiger partial charge in [-0.15, -0.1) is 0 Å². The van der Waals surface area contributed by atoms with Gasteiger partial charge in [-0.1, -0.05) is 18.2 Å². The third-order valence-electron chi connectivity index (χ3n) is 3.63. The molecule has 1 aliphatic rings. The van der Waals surface area contributed by atoms with Gasteiger partial charge in [-0.2, -0.15) is 0 Å². The lowest BCUT2D eigenvalue weighted by molar-refractivity contribution is 0.0737. The number of β-amino-alcohol motifs (C(OH)–C–C–N with tert-alkyl or cyclic N) is 1. The molecule has 0 saturated carbocycles. The van der Waals surface area contributed by atoms with Crippen LogP contribution in [0.3, 0.4) is 0 Å². The number of hydrogen-bond donors (Lipinski definition) is 1. The molecule has 1 saturated heterocycles. The van der Waals surface area contributed by atoms with Gasteiger partial charge in [0.2, 0.25) is 0 Å². The van der Waals surface area contributed by atoms with Crippen LogP contribution in [0.5, 0.6) is 5.75 Å². The molecule has 1 fully saturated rings. The Morgan fingerprint density at radius 3 is 2.80 bits per heavy atom. The van der Waals surface area contributed by atoms with Crippen LogP contribution in [0.15, 0.2) is 42.7 Å². The SMILES string of the molecule is Cn1ccnc1CN1C[C@@H](O)[C@H](Oc2ccccc2)C1. The number of aryl methyl sites for hydroxylation is 1. The second kappa shape index (κ2) is 5.64. The van der Waals surface area contributed by atoms with Gasteiger partial charge in [-0.05, 0) is 12.1 Å². The molecular formula is C15H19N3O2. The molecule has 20 heavy (non-hydrogen) atoms. The van der Waals surface area contributed by atoms with Crippen LogP contribution in [0.25, 0.3) is 0 Å². The number of benzene rings is 1. The number of para-hydroxylation sites is 1. The Morgan fingerprint density at radius 1 is 1.30 bits per heavy atom. The van der Waals surface area contributed by atoms with Crippen LogP contribution in [0.1, 0.15) is 5.82 Å². The van der Waals surface area contributed by atoms with Gasteiger partial charge in [-0.25, -0.2) is 4.98 Å². The van der Waals surface area contributed by atoms with Crippen molar-refractivity contribution in [2.24, 2.45) is 7.05 Å². The van der Waals surface area contributed by atoms with Crippen LogP contribution in [0.4, 0.5) is 0 Å². The molecule has 0 bridgehead atoms. The van der Waals surface area contributed by atoms with Crippen molar-refractivity contribution in [1.29, 1.82) is 0 Å². The molecule has 5 heteroatoms. The Hall–Kier alpha value is -1.85. The van der Waals surface area contributed by atoms with Gasteiger partial charge in [0.1, 0.15) is 23.8 Å². The lowest BCUT2D eigenvalue weighted by atomic mass is 10.2. The Labute approximate surface area is 118 Å². The highest BCUT2D eigenvalue weighted by Crippen LogP contribution is 2.19. The minimum absolute atomic E-state index is 0.183. The molecule has 1 N–H and O–H groups in total. The van der Waals surface area contributed by atoms with E-state index in [2.05, 4.69) is 9.88 Å². The van der Waals surface area contributed by atoms with Crippen LogP contribution >= 0.6 is 0 Å². The number of likely N-dealkylation sites (tertiary alicyclic amines) is 1. The summed E-state index contributed by atoms with van der Waals surface area (Å²) in [6, 6.07) is 9.64. The Kier molecular flexibility index (Phi) is 3.71. The van der Waals surface area contributed by atoms with E-state index in [1.54, 1.807) is 6.20 Å². The zero-order chi connectivity index (χ0) is 13.9. The molecule has 2 heterocycles. The van der Waals surface area contributed by atoms with Gasteiger partial charge in [0.25, 0.3) is 0 Å². The fraction of sp³-hybridized carbons (Fsp3) is 0.400. The molecule has 0 unspecified atom stereocenters. The first kappa shape index (κ1) is 13.1. The van der Waals surface area contributed by atoms with Gasteiger partial charge in [-0.3, -0.25) is 4.90 Å². The lowest BCUT2D eigenvalue weighted by Crippen LogP contribution is -2.29. The van der Waals surface area contributed by atoms with Gasteiger partial charge >= 0.3 is 0 Å². The zero-order valence-electron chi connectivity index (χ0n) is 11.5. The molecule has 1 aliphatic heterocycles. The predicted molar refractivity (Wildman–Crippen MR) is 75.3 cm³/mol. The minimum atomic E-state index is -0.463. The summed E-state index contributed by atoms with van der Waals surface area (Å²) in [5.41, 5.74) is 0. The second-order valence-electron chi connectivity index (χ2n) is 5.19. The lowest BCUT2D eigenvalue weighted by Gasteiger charge is -2.17. The number of aromatic nitrogens is 2. The van der Waals surface area contributed by atoms with Crippen molar-refractivity contribution in [3.63, 3.8) is 0 Å². The number of hydrogen-bond acceptors (Lipinski definition) is 4. The average Bonchev–Trinajstić information content (AvgIpc) is 2.99. The van der Waals surface area contributed by atoms with Crippen molar-refractivity contribution < 1.29 is 9.84 Å². The van der Waals surface area contributed by atoms with Crippen LogP contribution in [0, 0.1) is 0 Å². The van der Waals surface area contributed by atoms with Crippen molar-refractivity contribution in [2.45, 2.75) is 18.8 Å². The summed E-state index contributed by atoms with van der Waals surface area (Å²) in [4.78, 5) is 6.48. The molecule has 0 aliphatic carbocycles. The normalized spacial score (nSPS) is 23.1. The Morgan fingerprint density at radius 2 is 2.10 bits per heavy atom. The van der Waals surface area contributed by atoms with Crippen molar-refractivity contribution in [3.05, 3.63) is 48.5 Å². The van der Waals surface area contributed by atoms with Crippen LogP contribution < -0.4 is 4.74 Å². The number of imidazole rings is 1.